The lowest BCUT2D eigenvalue weighted by molar-refractivity contribution is -0.153. The predicted octanol–water partition coefficient (Wildman–Crippen LogP) is 3.91. The normalized spacial score (nSPS) is 16.2. The highest BCUT2D eigenvalue weighted by Crippen LogP contribution is 2.35. The van der Waals surface area contributed by atoms with Gasteiger partial charge in [-0.15, -0.1) is 0 Å². The Morgan fingerprint density at radius 2 is 2.06 bits per heavy atom. The number of rotatable bonds is 5. The minimum atomic E-state index is -4.48. The van der Waals surface area contributed by atoms with E-state index in [-0.39, 0.29) is 18.3 Å². The third kappa shape index (κ3) is 4.43. The van der Waals surface area contributed by atoms with Gasteiger partial charge in [-0.3, -0.25) is 0 Å². The molecule has 11 heteroatoms. The fourth-order valence-corrected chi connectivity index (χ4v) is 3.32. The number of esters is 1. The summed E-state index contributed by atoms with van der Waals surface area (Å²) in [5.74, 6) is -0.338. The first-order valence-electron chi connectivity index (χ1n) is 9.01. The number of halogens is 4. The molecule has 0 fully saturated rings. The molecule has 4 rings (SSSR count). The number of aromatic nitrogens is 2. The molecule has 3 aromatic rings. The summed E-state index contributed by atoms with van der Waals surface area (Å²) in [5.41, 5.74) is 1.58. The summed E-state index contributed by atoms with van der Waals surface area (Å²) in [6.07, 6.45) is -1.29. The highest BCUT2D eigenvalue weighted by Gasteiger charge is 2.30. The highest BCUT2D eigenvalue weighted by atomic mass is 35.5. The average Bonchev–Trinajstić information content (AvgIpc) is 3.38. The molecule has 7 nitrogen and oxygen atoms in total. The van der Waals surface area contributed by atoms with Gasteiger partial charge in [0.05, 0.1) is 12.1 Å². The number of methoxy groups -OCH3 is 1. The molecule has 31 heavy (non-hydrogen) atoms. The Labute approximate surface area is 179 Å². The van der Waals surface area contributed by atoms with Crippen molar-refractivity contribution in [3.63, 3.8) is 0 Å². The van der Waals surface area contributed by atoms with Gasteiger partial charge in [0.25, 0.3) is 0 Å². The summed E-state index contributed by atoms with van der Waals surface area (Å²) in [5, 5.41) is 0.332. The summed E-state index contributed by atoms with van der Waals surface area (Å²) in [4.78, 5) is 20.4. The number of para-hydroxylation sites is 1. The highest BCUT2D eigenvalue weighted by molar-refractivity contribution is 6.31. The molecule has 1 aliphatic heterocycles. The van der Waals surface area contributed by atoms with E-state index < -0.39 is 24.8 Å². The summed E-state index contributed by atoms with van der Waals surface area (Å²) < 4.78 is 54.7. The lowest BCUT2D eigenvalue weighted by atomic mass is 10.1. The number of hydrogen-bond donors (Lipinski definition) is 0. The Bertz CT molecular complexity index is 1180. The van der Waals surface area contributed by atoms with E-state index >= 15 is 0 Å². The fraction of sp³-hybridized carbons (Fsp3) is 0.250. The number of fused-ring (bicyclic) bond motifs is 1. The number of alkyl halides is 3. The molecule has 1 atom stereocenters. The maximum absolute atomic E-state index is 12.7. The van der Waals surface area contributed by atoms with Gasteiger partial charge in [-0.25, -0.2) is 14.8 Å². The van der Waals surface area contributed by atoms with E-state index in [1.807, 2.05) is 0 Å². The quantitative estimate of drug-likeness (QED) is 0.547. The molecular formula is C20H15ClF3N3O4. The second-order valence-corrected chi connectivity index (χ2v) is 7.05. The first-order valence-corrected chi connectivity index (χ1v) is 9.39. The van der Waals surface area contributed by atoms with Crippen LogP contribution in [0, 0.1) is 0 Å². The zero-order chi connectivity index (χ0) is 22.2. The van der Waals surface area contributed by atoms with E-state index in [9.17, 15) is 18.0 Å². The summed E-state index contributed by atoms with van der Waals surface area (Å²) in [6, 6.07) is 7.09. The van der Waals surface area contributed by atoms with Gasteiger partial charge in [0.2, 0.25) is 5.90 Å². The number of imidazole rings is 1. The number of benzene rings is 1. The Kier molecular flexibility index (Phi) is 5.48. The van der Waals surface area contributed by atoms with Crippen LogP contribution in [0.4, 0.5) is 13.2 Å². The van der Waals surface area contributed by atoms with Crippen LogP contribution in [-0.4, -0.2) is 53.8 Å². The number of pyridine rings is 1. The number of aliphatic imine (C=N–C) groups is 1. The second-order valence-electron chi connectivity index (χ2n) is 6.61. The number of ether oxygens (including phenoxy) is 3. The molecule has 0 saturated carbocycles. The van der Waals surface area contributed by atoms with Gasteiger partial charge in [-0.1, -0.05) is 29.8 Å². The van der Waals surface area contributed by atoms with Gasteiger partial charge in [0.15, 0.2) is 12.6 Å². The maximum Gasteiger partial charge on any atom is 0.422 e. The first-order chi connectivity index (χ1) is 14.7. The minimum Gasteiger partial charge on any atom is -0.483 e. The van der Waals surface area contributed by atoms with Gasteiger partial charge in [-0.05, 0) is 12.1 Å². The molecule has 0 bridgehead atoms. The van der Waals surface area contributed by atoms with Crippen LogP contribution in [0.5, 0.6) is 5.75 Å². The molecule has 1 aromatic carbocycles. The standard InChI is InChI=1S/C20H15ClF3N3O4/c1-29-19(28)15-9-30-18(26-15)14-8-27-7-11(21)6-13(17(27)25-14)12-4-2-3-5-16(12)31-10-20(22,23)24/h2-8,15H,9-10H2,1H3. The van der Waals surface area contributed by atoms with E-state index in [0.717, 1.165) is 0 Å². The van der Waals surface area contributed by atoms with Crippen molar-refractivity contribution in [3.05, 3.63) is 53.4 Å². The van der Waals surface area contributed by atoms with Gasteiger partial charge in [0.1, 0.15) is 23.7 Å². The molecular weight excluding hydrogens is 439 g/mol. The fourth-order valence-electron chi connectivity index (χ4n) is 3.11. The zero-order valence-corrected chi connectivity index (χ0v) is 16.8. The van der Waals surface area contributed by atoms with E-state index in [1.165, 1.54) is 13.2 Å². The van der Waals surface area contributed by atoms with Crippen LogP contribution in [0.2, 0.25) is 5.02 Å². The second kappa shape index (κ2) is 8.10. The van der Waals surface area contributed by atoms with Crippen molar-refractivity contribution in [1.29, 1.82) is 0 Å². The van der Waals surface area contributed by atoms with E-state index in [0.29, 0.717) is 27.5 Å². The molecule has 162 valence electrons. The summed E-state index contributed by atoms with van der Waals surface area (Å²) in [7, 11) is 1.26. The molecule has 1 aliphatic rings. The van der Waals surface area contributed by atoms with E-state index in [4.69, 9.17) is 21.1 Å². The Hall–Kier alpha value is -3.27. The summed E-state index contributed by atoms with van der Waals surface area (Å²) >= 11 is 6.24. The SMILES string of the molecule is COC(=O)C1COC(c2cn3cc(Cl)cc(-c4ccccc4OCC(F)(F)F)c3n2)=N1. The average molecular weight is 454 g/mol. The van der Waals surface area contributed by atoms with E-state index in [2.05, 4.69) is 14.7 Å². The van der Waals surface area contributed by atoms with Gasteiger partial charge in [0, 0.05) is 23.5 Å². The van der Waals surface area contributed by atoms with Crippen LogP contribution in [0.3, 0.4) is 0 Å². The number of nitrogens with zero attached hydrogens (tertiary/aromatic N) is 3. The molecule has 0 N–H and O–H groups in total. The first kappa shape index (κ1) is 21.0. The van der Waals surface area contributed by atoms with E-state index in [1.54, 1.807) is 41.1 Å². The summed E-state index contributed by atoms with van der Waals surface area (Å²) in [6.45, 7) is -1.41. The number of carbonyl (C=O) groups excluding carboxylic acids is 1. The van der Waals surface area contributed by atoms with Crippen LogP contribution in [0.25, 0.3) is 16.8 Å². The molecule has 0 saturated heterocycles. The maximum atomic E-state index is 12.7. The molecule has 0 radical (unpaired) electrons. The molecule has 1 unspecified atom stereocenters. The zero-order valence-electron chi connectivity index (χ0n) is 16.0. The van der Waals surface area contributed by atoms with Crippen molar-refractivity contribution in [2.75, 3.05) is 20.3 Å². The Balaban J connectivity index is 1.76. The monoisotopic (exact) mass is 453 g/mol. The topological polar surface area (TPSA) is 74.4 Å². The van der Waals surface area contributed by atoms with Crippen LogP contribution < -0.4 is 4.74 Å². The van der Waals surface area contributed by atoms with Gasteiger partial charge >= 0.3 is 12.1 Å². The van der Waals surface area contributed by atoms with Crippen LogP contribution in [0.1, 0.15) is 5.69 Å². The van der Waals surface area contributed by atoms with Gasteiger partial charge in [-0.2, -0.15) is 13.2 Å². The smallest absolute Gasteiger partial charge is 0.422 e. The van der Waals surface area contributed by atoms with Gasteiger partial charge < -0.3 is 18.6 Å². The number of carbonyl (C=O) groups is 1. The van der Waals surface area contributed by atoms with Crippen molar-refractivity contribution in [2.45, 2.75) is 12.2 Å². The van der Waals surface area contributed by atoms with Crippen molar-refractivity contribution in [3.8, 4) is 16.9 Å². The van der Waals surface area contributed by atoms with Crippen LogP contribution in [-0.2, 0) is 14.3 Å². The lowest BCUT2D eigenvalue weighted by Crippen LogP contribution is -2.21. The molecule has 0 amide bonds. The third-order valence-corrected chi connectivity index (χ3v) is 4.64. The van der Waals surface area contributed by atoms with Crippen molar-refractivity contribution in [2.24, 2.45) is 4.99 Å². The minimum absolute atomic E-state index is 0.0254. The number of hydrogen-bond acceptors (Lipinski definition) is 6. The molecule has 3 heterocycles. The molecule has 2 aromatic heterocycles. The van der Waals surface area contributed by atoms with Crippen molar-refractivity contribution in [1.82, 2.24) is 9.38 Å². The Morgan fingerprint density at radius 1 is 1.29 bits per heavy atom. The Morgan fingerprint density at radius 3 is 2.81 bits per heavy atom. The van der Waals surface area contributed by atoms with Crippen molar-refractivity contribution < 1.29 is 32.2 Å². The lowest BCUT2D eigenvalue weighted by Gasteiger charge is -2.14. The largest absolute Gasteiger partial charge is 0.483 e. The third-order valence-electron chi connectivity index (χ3n) is 4.43. The molecule has 0 spiro atoms. The van der Waals surface area contributed by atoms with Crippen LogP contribution in [0.15, 0.2) is 47.7 Å². The van der Waals surface area contributed by atoms with Crippen molar-refractivity contribution >= 4 is 29.1 Å². The molecule has 0 aliphatic carbocycles. The predicted molar refractivity (Wildman–Crippen MR) is 105 cm³/mol. The van der Waals surface area contributed by atoms with Crippen LogP contribution >= 0.6 is 11.6 Å².